The minimum absolute atomic E-state index is 0.174. The number of benzene rings is 2. The van der Waals surface area contributed by atoms with Gasteiger partial charge in [-0.05, 0) is 134 Å². The minimum Gasteiger partial charge on any atom is -0.485 e. The Bertz CT molecular complexity index is 3330. The predicted octanol–water partition coefficient (Wildman–Crippen LogP) is -7.75. The second kappa shape index (κ2) is 35.7. The van der Waals surface area contributed by atoms with Crippen LogP contribution in [0.15, 0.2) is 30.5 Å². The van der Waals surface area contributed by atoms with Gasteiger partial charge in [-0.3, -0.25) is 4.79 Å². The molecule has 0 radical (unpaired) electrons. The molecule has 24 rings (SSSR count). The third-order valence-corrected chi connectivity index (χ3v) is 22.4. The normalized spacial score (nSPS) is 43.1. The average Bonchev–Trinajstić information content (AvgIpc) is 1.55. The highest BCUT2D eigenvalue weighted by atomic mass is 127. The van der Waals surface area contributed by atoms with Crippen molar-refractivity contribution in [2.24, 2.45) is 0 Å². The molecule has 22 heterocycles. The molecule has 105 heavy (non-hydrogen) atoms. The van der Waals surface area contributed by atoms with Gasteiger partial charge < -0.3 is 178 Å². The van der Waals surface area contributed by atoms with Crippen LogP contribution in [-0.4, -0.2) is 372 Å². The maximum absolute atomic E-state index is 12.3. The van der Waals surface area contributed by atoms with Crippen LogP contribution in [0.1, 0.15) is 31.5 Å². The Morgan fingerprint density at radius 1 is 0.448 bits per heavy atom. The second-order valence-corrected chi connectivity index (χ2v) is 31.3. The fourth-order valence-corrected chi connectivity index (χ4v) is 17.7. The lowest BCUT2D eigenvalue weighted by Crippen LogP contribution is -2.69. The number of aliphatic hydroxyl groups excluding tert-OH is 19. The molecule has 592 valence electrons. The summed E-state index contributed by atoms with van der Waals surface area (Å²) in [6.07, 6.45) is -66.4. The van der Waals surface area contributed by atoms with Gasteiger partial charge in [0, 0.05) is 6.42 Å². The van der Waals surface area contributed by atoms with Crippen molar-refractivity contribution in [1.29, 1.82) is 0 Å². The number of ether oxygens (including phenoxy) is 16. The van der Waals surface area contributed by atoms with Crippen LogP contribution in [0.25, 0.3) is 0 Å². The first-order valence-electron chi connectivity index (χ1n) is 32.9. The van der Waals surface area contributed by atoms with Gasteiger partial charge in [-0.15, -0.1) is 5.10 Å². The van der Waals surface area contributed by atoms with E-state index >= 15 is 0 Å². The first kappa shape index (κ1) is 84.2. The summed E-state index contributed by atoms with van der Waals surface area (Å²) in [6.45, 7) is -3.38. The van der Waals surface area contributed by atoms with Crippen LogP contribution in [0.2, 0.25) is 0 Å². The molecule has 1 aromatic heterocycles. The number of hydrogen-bond acceptors (Lipinski definition) is 38. The van der Waals surface area contributed by atoms with Crippen molar-refractivity contribution < 1.29 is 183 Å². The first-order chi connectivity index (χ1) is 49.8. The number of aliphatic carboxylic acids is 1. The summed E-state index contributed by atoms with van der Waals surface area (Å²) < 4.78 is 99.9. The van der Waals surface area contributed by atoms with Crippen molar-refractivity contribution in [3.8, 4) is 17.2 Å². The Kier molecular flexibility index (Phi) is 28.7. The Morgan fingerprint density at radius 2 is 0.781 bits per heavy atom. The van der Waals surface area contributed by atoms with E-state index in [0.29, 0.717) is 37.1 Å². The fourth-order valence-electron chi connectivity index (χ4n) is 13.5. The molecule has 21 fully saturated rings. The van der Waals surface area contributed by atoms with Crippen molar-refractivity contribution >= 4 is 96.3 Å². The maximum Gasteiger partial charge on any atom is 0.307 e. The molecule has 20 unspecified atom stereocenters. The second-order valence-electron chi connectivity index (χ2n) is 26.6. The molecule has 44 heteroatoms. The van der Waals surface area contributed by atoms with Crippen LogP contribution in [0.4, 0.5) is 0 Å². The van der Waals surface area contributed by atoms with Crippen molar-refractivity contribution in [1.82, 2.24) is 15.0 Å². The van der Waals surface area contributed by atoms with Gasteiger partial charge in [0.2, 0.25) is 0 Å². The zero-order chi connectivity index (χ0) is 76.1. The van der Waals surface area contributed by atoms with Crippen molar-refractivity contribution in [2.45, 2.75) is 248 Å². The lowest BCUT2D eigenvalue weighted by atomic mass is 9.85. The van der Waals surface area contributed by atoms with E-state index in [2.05, 4.69) is 101 Å². The SMILES string of the molecule is CC(C)(C1O[C@H]2O[C@H]3C(O)C[C@H](OC3CO)O[C@@H]3C(CO)O[C@@H](O[C@@H]4C(CO)O[C@@H](O[C@H]5C(CO)O[C@H](O[C@@H]6C(CO)O[C@H](O[C@@H]7C(CO)O[C@@H](O[C@H]1C(O)C2O)C(O)C7O)C(O)C6O)C(O)C5O)C(O)C4O)C(O)C3O)n1cc(COc2c(I)cc(Oc3c(I)cc(CC(=O)O)cc3I)cc2I)nn1. The number of hydrogen-bond donors (Lipinski definition) is 20. The Morgan fingerprint density at radius 3 is 1.16 bits per heavy atom. The van der Waals surface area contributed by atoms with E-state index in [4.69, 9.17) is 75.8 Å². The van der Waals surface area contributed by atoms with E-state index in [9.17, 15) is 107 Å². The molecule has 34 atom stereocenters. The zero-order valence-electron chi connectivity index (χ0n) is 55.1. The zero-order valence-corrected chi connectivity index (χ0v) is 63.7. The lowest BCUT2D eigenvalue weighted by molar-refractivity contribution is -0.397. The molecule has 0 aliphatic carbocycles. The Balaban J connectivity index is 0.879. The third-order valence-electron chi connectivity index (χ3n) is 19.2. The smallest absolute Gasteiger partial charge is 0.307 e. The van der Waals surface area contributed by atoms with Crippen LogP contribution in [0.5, 0.6) is 17.2 Å². The van der Waals surface area contributed by atoms with E-state index in [0.717, 1.165) is 0 Å². The number of carbonyl (C=O) groups is 1. The molecular formula is C61H83I4N3O37. The minimum atomic E-state index is -2.26. The van der Waals surface area contributed by atoms with Crippen LogP contribution in [0.3, 0.4) is 0 Å². The van der Waals surface area contributed by atoms with Crippen LogP contribution in [-0.2, 0) is 89.7 Å². The largest absolute Gasteiger partial charge is 0.485 e. The fraction of sp³-hybridized carbons (Fsp3) is 0.754. The van der Waals surface area contributed by atoms with Crippen LogP contribution < -0.4 is 9.47 Å². The molecule has 2 aromatic carbocycles. The van der Waals surface area contributed by atoms with Gasteiger partial charge in [-0.1, -0.05) is 5.21 Å². The monoisotopic (exact) mass is 1960 g/mol. The van der Waals surface area contributed by atoms with Gasteiger partial charge in [-0.25, -0.2) is 4.68 Å². The number of carboxylic acid groups (broad SMARTS) is 1. The highest BCUT2D eigenvalue weighted by molar-refractivity contribution is 14.1. The summed E-state index contributed by atoms with van der Waals surface area (Å²) in [4.78, 5) is 11.4. The van der Waals surface area contributed by atoms with Gasteiger partial charge in [-0.2, -0.15) is 0 Å². The summed E-state index contributed by atoms with van der Waals surface area (Å²) in [5.74, 6) is 0.391. The summed E-state index contributed by atoms with van der Waals surface area (Å²) in [7, 11) is 0. The summed E-state index contributed by atoms with van der Waals surface area (Å²) in [6, 6.07) is 6.89. The van der Waals surface area contributed by atoms with E-state index in [1.807, 2.05) is 0 Å². The quantitative estimate of drug-likeness (QED) is 0.0629. The molecule has 14 bridgehead atoms. The van der Waals surface area contributed by atoms with E-state index in [-0.39, 0.29) is 18.7 Å². The summed E-state index contributed by atoms with van der Waals surface area (Å²) in [5.41, 5.74) is -0.864. The van der Waals surface area contributed by atoms with E-state index in [1.165, 1.54) is 24.7 Å². The summed E-state index contributed by atoms with van der Waals surface area (Å²) >= 11 is 8.27. The molecule has 0 amide bonds. The third kappa shape index (κ3) is 17.8. The van der Waals surface area contributed by atoms with Crippen molar-refractivity contribution in [3.63, 3.8) is 0 Å². The first-order valence-corrected chi connectivity index (χ1v) is 37.2. The molecule has 21 aliphatic rings. The number of aliphatic hydroxyl groups is 19. The molecule has 40 nitrogen and oxygen atoms in total. The van der Waals surface area contributed by atoms with E-state index in [1.54, 1.807) is 24.3 Å². The Hall–Kier alpha value is -1.75. The van der Waals surface area contributed by atoms with E-state index < -0.39 is 266 Å². The van der Waals surface area contributed by atoms with Gasteiger partial charge in [0.05, 0.1) is 78.2 Å². The molecular weight excluding hydrogens is 1870 g/mol. The topological polar surface area (TPSA) is 600 Å². The molecule has 0 saturated carbocycles. The molecule has 3 aromatic rings. The van der Waals surface area contributed by atoms with Gasteiger partial charge in [0.1, 0.15) is 183 Å². The maximum atomic E-state index is 12.3. The molecule has 21 aliphatic heterocycles. The number of aromatic nitrogens is 3. The van der Waals surface area contributed by atoms with Gasteiger partial charge in [0.15, 0.2) is 49.8 Å². The number of nitrogens with zero attached hydrogens (tertiary/aromatic N) is 3. The molecule has 20 N–H and O–H groups in total. The highest BCUT2D eigenvalue weighted by Gasteiger charge is 2.60. The molecule has 21 saturated heterocycles. The van der Waals surface area contributed by atoms with Crippen LogP contribution in [0, 0.1) is 14.3 Å². The number of rotatable bonds is 15. The standard InChI is InChI=1S/C61H83I4N3O37/c1-61(2,68-9-18(66-67-68)16-90-45-22(64)6-19(7-23(45)65)91-46-20(62)3-17(4-21(46)63)5-31(76)77)54-53-38(83)44(89)60(105-54)99-47-24(75)8-32(92-25(47)10-69)98-48-26(11-70)93-55(39(84)33(48)78)100-49-27(12-71)94-56(40(85)34(49)79)101-50-28(13-72)95-57(41(86)35(50)80)102-51-29(14-73)96-58(42(87)36(51)81)103-52-30(15-74)97-59(104-53)43(88)37(52)82/h3-4,6-7,9,24-30,32-44,47-60,69-75,78-89H,5,8,10-16H2,1-2H3,(H,76,77)/t24?,25?,26?,27?,28?,29?,30?,32-,33?,34?,35?,36?,37?,38?,39?,40?,41?,42?,43?,44?,47+,48-,49-,50+,51-,52-,53+,54?,55+,56+,57-,58-,59+,60-/m1/s1. The van der Waals surface area contributed by atoms with Gasteiger partial charge >= 0.3 is 5.97 Å². The summed E-state index contributed by atoms with van der Waals surface area (Å²) in [5, 5.41) is 234. The number of carboxylic acids is 1. The predicted molar refractivity (Wildman–Crippen MR) is 369 cm³/mol. The number of halogens is 4. The molecule has 0 spiro atoms. The van der Waals surface area contributed by atoms with Crippen LogP contribution >= 0.6 is 90.4 Å². The lowest BCUT2D eigenvalue weighted by Gasteiger charge is -2.51. The Labute approximate surface area is 649 Å². The van der Waals surface area contributed by atoms with Crippen molar-refractivity contribution in [2.75, 3.05) is 39.6 Å². The average molecular weight is 1960 g/mol. The highest BCUT2D eigenvalue weighted by Crippen LogP contribution is 2.43. The van der Waals surface area contributed by atoms with Gasteiger partial charge in [0.25, 0.3) is 0 Å². The van der Waals surface area contributed by atoms with Crippen molar-refractivity contribution in [3.05, 3.63) is 56.0 Å².